The van der Waals surface area contributed by atoms with Gasteiger partial charge in [0.1, 0.15) is 11.5 Å². The Bertz CT molecular complexity index is 738. The number of hydrogen-bond donors (Lipinski definition) is 1. The van der Waals surface area contributed by atoms with Gasteiger partial charge in [-0.15, -0.1) is 0 Å². The lowest BCUT2D eigenvalue weighted by Gasteiger charge is -2.16. The molecule has 6 nitrogen and oxygen atoms in total. The Morgan fingerprint density at radius 1 is 0.885 bits per heavy atom. The predicted molar refractivity (Wildman–Crippen MR) is 98.7 cm³/mol. The van der Waals surface area contributed by atoms with Crippen molar-refractivity contribution in [1.82, 2.24) is 0 Å². The van der Waals surface area contributed by atoms with E-state index in [0.29, 0.717) is 17.0 Å². The van der Waals surface area contributed by atoms with Crippen molar-refractivity contribution in [3.63, 3.8) is 0 Å². The molecule has 0 saturated heterocycles. The van der Waals surface area contributed by atoms with Gasteiger partial charge in [-0.25, -0.2) is 4.79 Å². The molecule has 138 valence electrons. The zero-order valence-corrected chi connectivity index (χ0v) is 15.3. The van der Waals surface area contributed by atoms with Crippen molar-refractivity contribution in [2.75, 3.05) is 12.4 Å². The Balaban J connectivity index is 1.95. The first-order chi connectivity index (χ1) is 12.4. The van der Waals surface area contributed by atoms with Crippen LogP contribution in [-0.4, -0.2) is 31.2 Å². The molecule has 2 aromatic carbocycles. The molecule has 26 heavy (non-hydrogen) atoms. The van der Waals surface area contributed by atoms with Gasteiger partial charge in [-0.1, -0.05) is 0 Å². The SMILES string of the molecule is COc1ccc(NC(=O)c2ccc(O[C@H](C)C(=O)OC(C)C)cc2)cc1. The van der Waals surface area contributed by atoms with Gasteiger partial charge in [0.2, 0.25) is 0 Å². The van der Waals surface area contributed by atoms with Crippen LogP contribution in [0.1, 0.15) is 31.1 Å². The molecular formula is C20H23NO5. The third kappa shape index (κ3) is 5.51. The molecule has 0 spiro atoms. The summed E-state index contributed by atoms with van der Waals surface area (Å²) >= 11 is 0. The van der Waals surface area contributed by atoms with Crippen molar-refractivity contribution in [2.45, 2.75) is 33.0 Å². The van der Waals surface area contributed by atoms with Crippen molar-refractivity contribution in [3.05, 3.63) is 54.1 Å². The summed E-state index contributed by atoms with van der Waals surface area (Å²) in [4.78, 5) is 24.0. The number of ether oxygens (including phenoxy) is 3. The fourth-order valence-electron chi connectivity index (χ4n) is 2.14. The maximum absolute atomic E-state index is 12.3. The molecular weight excluding hydrogens is 334 g/mol. The molecule has 0 aliphatic rings. The summed E-state index contributed by atoms with van der Waals surface area (Å²) in [6.45, 7) is 5.18. The van der Waals surface area contributed by atoms with Crippen molar-refractivity contribution in [2.24, 2.45) is 0 Å². The Morgan fingerprint density at radius 3 is 2.00 bits per heavy atom. The summed E-state index contributed by atoms with van der Waals surface area (Å²) in [6.07, 6.45) is -0.922. The lowest BCUT2D eigenvalue weighted by Crippen LogP contribution is -2.28. The first-order valence-corrected chi connectivity index (χ1v) is 8.31. The Hall–Kier alpha value is -3.02. The van der Waals surface area contributed by atoms with Gasteiger partial charge < -0.3 is 19.5 Å². The van der Waals surface area contributed by atoms with Gasteiger partial charge in [0, 0.05) is 11.3 Å². The molecule has 1 atom stereocenters. The monoisotopic (exact) mass is 357 g/mol. The molecule has 0 aromatic heterocycles. The molecule has 1 N–H and O–H groups in total. The van der Waals surface area contributed by atoms with Gasteiger partial charge in [0.05, 0.1) is 13.2 Å². The van der Waals surface area contributed by atoms with Crippen LogP contribution in [-0.2, 0) is 9.53 Å². The normalized spacial score (nSPS) is 11.6. The van der Waals surface area contributed by atoms with E-state index in [9.17, 15) is 9.59 Å². The number of hydrogen-bond acceptors (Lipinski definition) is 5. The molecule has 6 heteroatoms. The number of methoxy groups -OCH3 is 1. The molecule has 0 heterocycles. The van der Waals surface area contributed by atoms with E-state index in [4.69, 9.17) is 14.2 Å². The molecule has 0 fully saturated rings. The summed E-state index contributed by atoms with van der Waals surface area (Å²) in [7, 11) is 1.58. The highest BCUT2D eigenvalue weighted by molar-refractivity contribution is 6.04. The molecule has 1 amide bonds. The number of nitrogens with one attached hydrogen (secondary N) is 1. The summed E-state index contributed by atoms with van der Waals surface area (Å²) in [5, 5.41) is 2.80. The zero-order valence-electron chi connectivity index (χ0n) is 15.3. The third-order valence-electron chi connectivity index (χ3n) is 3.46. The van der Waals surface area contributed by atoms with Gasteiger partial charge in [0.25, 0.3) is 5.91 Å². The van der Waals surface area contributed by atoms with E-state index in [2.05, 4.69) is 5.32 Å². The predicted octanol–water partition coefficient (Wildman–Crippen LogP) is 3.67. The van der Waals surface area contributed by atoms with E-state index in [0.717, 1.165) is 5.75 Å². The lowest BCUT2D eigenvalue weighted by molar-refractivity contribution is -0.154. The summed E-state index contributed by atoms with van der Waals surface area (Å²) < 4.78 is 15.7. The highest BCUT2D eigenvalue weighted by Crippen LogP contribution is 2.18. The average Bonchev–Trinajstić information content (AvgIpc) is 2.62. The van der Waals surface area contributed by atoms with E-state index in [-0.39, 0.29) is 12.0 Å². The van der Waals surface area contributed by atoms with Crippen LogP contribution >= 0.6 is 0 Å². The third-order valence-corrected chi connectivity index (χ3v) is 3.46. The maximum atomic E-state index is 12.3. The Morgan fingerprint density at radius 2 is 1.46 bits per heavy atom. The van der Waals surface area contributed by atoms with Crippen LogP contribution in [0.3, 0.4) is 0 Å². The van der Waals surface area contributed by atoms with Crippen LogP contribution in [0.25, 0.3) is 0 Å². The second kappa shape index (κ2) is 8.89. The Labute approximate surface area is 153 Å². The molecule has 0 aliphatic carbocycles. The van der Waals surface area contributed by atoms with Gasteiger partial charge in [-0.2, -0.15) is 0 Å². The van der Waals surface area contributed by atoms with Crippen molar-refractivity contribution >= 4 is 17.6 Å². The summed E-state index contributed by atoms with van der Waals surface area (Å²) in [5.41, 5.74) is 1.15. The van der Waals surface area contributed by atoms with E-state index in [1.165, 1.54) is 0 Å². The van der Waals surface area contributed by atoms with Gasteiger partial charge >= 0.3 is 5.97 Å². The maximum Gasteiger partial charge on any atom is 0.347 e. The smallest absolute Gasteiger partial charge is 0.347 e. The van der Waals surface area contributed by atoms with Gasteiger partial charge in [-0.05, 0) is 69.3 Å². The largest absolute Gasteiger partial charge is 0.497 e. The fourth-order valence-corrected chi connectivity index (χ4v) is 2.14. The molecule has 0 aliphatic heterocycles. The molecule has 0 bridgehead atoms. The van der Waals surface area contributed by atoms with Crippen molar-refractivity contribution in [1.29, 1.82) is 0 Å². The van der Waals surface area contributed by atoms with Crippen molar-refractivity contribution < 1.29 is 23.8 Å². The van der Waals surface area contributed by atoms with Crippen LogP contribution in [0.4, 0.5) is 5.69 Å². The number of esters is 1. The van der Waals surface area contributed by atoms with Gasteiger partial charge in [-0.3, -0.25) is 4.79 Å². The molecule has 0 unspecified atom stereocenters. The van der Waals surface area contributed by atoms with E-state index < -0.39 is 12.1 Å². The molecule has 2 rings (SSSR count). The van der Waals surface area contributed by atoms with Crippen LogP contribution < -0.4 is 14.8 Å². The number of rotatable bonds is 7. The quantitative estimate of drug-likeness (QED) is 0.766. The second-order valence-corrected chi connectivity index (χ2v) is 5.95. The topological polar surface area (TPSA) is 73.9 Å². The van der Waals surface area contributed by atoms with E-state index in [1.54, 1.807) is 76.4 Å². The standard InChI is InChI=1S/C20H23NO5/c1-13(2)25-20(23)14(3)26-18-9-5-15(6-10-18)19(22)21-16-7-11-17(24-4)12-8-16/h5-14H,1-4H3,(H,21,22)/t14-/m1/s1. The second-order valence-electron chi connectivity index (χ2n) is 5.95. The zero-order chi connectivity index (χ0) is 19.1. The summed E-state index contributed by atoms with van der Waals surface area (Å²) in [6, 6.07) is 13.6. The van der Waals surface area contributed by atoms with Crippen LogP contribution in [0.5, 0.6) is 11.5 Å². The number of anilines is 1. The number of benzene rings is 2. The molecule has 2 aromatic rings. The average molecular weight is 357 g/mol. The lowest BCUT2D eigenvalue weighted by atomic mass is 10.2. The number of carbonyl (C=O) groups excluding carboxylic acids is 2. The first-order valence-electron chi connectivity index (χ1n) is 8.31. The number of carbonyl (C=O) groups is 2. The first kappa shape index (κ1) is 19.3. The van der Waals surface area contributed by atoms with Crippen LogP contribution in [0.15, 0.2) is 48.5 Å². The van der Waals surface area contributed by atoms with Gasteiger partial charge in [0.15, 0.2) is 6.10 Å². The highest BCUT2D eigenvalue weighted by Gasteiger charge is 2.17. The minimum atomic E-state index is -0.726. The van der Waals surface area contributed by atoms with Crippen LogP contribution in [0, 0.1) is 0 Å². The fraction of sp³-hybridized carbons (Fsp3) is 0.300. The minimum absolute atomic E-state index is 0.197. The minimum Gasteiger partial charge on any atom is -0.497 e. The number of amides is 1. The van der Waals surface area contributed by atoms with E-state index >= 15 is 0 Å². The molecule has 0 radical (unpaired) electrons. The molecule has 0 saturated carbocycles. The highest BCUT2D eigenvalue weighted by atomic mass is 16.6. The Kier molecular flexibility index (Phi) is 6.60. The van der Waals surface area contributed by atoms with Crippen molar-refractivity contribution in [3.8, 4) is 11.5 Å². The van der Waals surface area contributed by atoms with Crippen LogP contribution in [0.2, 0.25) is 0 Å². The van der Waals surface area contributed by atoms with E-state index in [1.807, 2.05) is 0 Å². The summed E-state index contributed by atoms with van der Waals surface area (Å²) in [5.74, 6) is 0.532.